The molecule has 1 aromatic rings. The maximum Gasteiger partial charge on any atom is 0.390 e. The molecule has 14 heavy (non-hydrogen) atoms. The SMILES string of the molecule is CCCOC(=O)c1cc([N+](=O)[O-])n[nH]1. The summed E-state index contributed by atoms with van der Waals surface area (Å²) < 4.78 is 4.74. The lowest BCUT2D eigenvalue weighted by molar-refractivity contribution is -0.389. The second kappa shape index (κ2) is 4.35. The molecule has 0 unspecified atom stereocenters. The van der Waals surface area contributed by atoms with Crippen molar-refractivity contribution in [2.45, 2.75) is 13.3 Å². The van der Waals surface area contributed by atoms with E-state index in [2.05, 4.69) is 10.2 Å². The number of nitrogens with one attached hydrogen (secondary N) is 1. The Labute approximate surface area is 79.2 Å². The Bertz CT molecular complexity index is 346. The molecule has 1 heterocycles. The van der Waals surface area contributed by atoms with Gasteiger partial charge in [0.2, 0.25) is 0 Å². The van der Waals surface area contributed by atoms with Crippen LogP contribution in [0, 0.1) is 10.1 Å². The fraction of sp³-hybridized carbons (Fsp3) is 0.429. The van der Waals surface area contributed by atoms with Gasteiger partial charge in [0.15, 0.2) is 5.69 Å². The van der Waals surface area contributed by atoms with Gasteiger partial charge >= 0.3 is 11.8 Å². The first-order valence-corrected chi connectivity index (χ1v) is 4.02. The molecular formula is C7H9N3O4. The van der Waals surface area contributed by atoms with Crippen LogP contribution in [0.25, 0.3) is 0 Å². The Morgan fingerprint density at radius 1 is 1.79 bits per heavy atom. The molecule has 0 amide bonds. The normalized spacial score (nSPS) is 9.79. The molecule has 0 spiro atoms. The summed E-state index contributed by atoms with van der Waals surface area (Å²) in [6.07, 6.45) is 0.696. The standard InChI is InChI=1S/C7H9N3O4/c1-2-3-14-7(11)5-4-6(9-8-5)10(12)13/h4H,2-3H2,1H3,(H,8,9). The molecule has 7 heteroatoms. The predicted molar refractivity (Wildman–Crippen MR) is 45.8 cm³/mol. The average Bonchev–Trinajstić information content (AvgIpc) is 2.62. The maximum atomic E-state index is 11.1. The number of hydrogen-bond acceptors (Lipinski definition) is 5. The number of H-pyrrole nitrogens is 1. The lowest BCUT2D eigenvalue weighted by Crippen LogP contribution is -2.06. The largest absolute Gasteiger partial charge is 0.461 e. The number of ether oxygens (including phenoxy) is 1. The zero-order chi connectivity index (χ0) is 10.6. The molecule has 0 aromatic carbocycles. The zero-order valence-corrected chi connectivity index (χ0v) is 7.52. The van der Waals surface area contributed by atoms with Crippen molar-refractivity contribution in [2.24, 2.45) is 0 Å². The number of carbonyl (C=O) groups is 1. The van der Waals surface area contributed by atoms with Gasteiger partial charge < -0.3 is 14.9 Å². The smallest absolute Gasteiger partial charge is 0.390 e. The van der Waals surface area contributed by atoms with Gasteiger partial charge in [-0.3, -0.25) is 0 Å². The average molecular weight is 199 g/mol. The van der Waals surface area contributed by atoms with E-state index in [0.29, 0.717) is 6.42 Å². The van der Waals surface area contributed by atoms with Crippen LogP contribution in [-0.4, -0.2) is 27.7 Å². The van der Waals surface area contributed by atoms with Crippen LogP contribution in [0.5, 0.6) is 0 Å². The number of esters is 1. The van der Waals surface area contributed by atoms with Crippen molar-refractivity contribution < 1.29 is 14.5 Å². The van der Waals surface area contributed by atoms with Gasteiger partial charge in [-0.05, 0) is 11.3 Å². The van der Waals surface area contributed by atoms with Crippen LogP contribution in [0.2, 0.25) is 0 Å². The number of rotatable bonds is 4. The molecule has 1 N–H and O–H groups in total. The summed E-state index contributed by atoms with van der Waals surface area (Å²) in [4.78, 5) is 20.7. The van der Waals surface area contributed by atoms with Crippen molar-refractivity contribution in [3.63, 3.8) is 0 Å². The van der Waals surface area contributed by atoms with E-state index < -0.39 is 16.7 Å². The summed E-state index contributed by atoms with van der Waals surface area (Å²) in [6, 6.07) is 1.04. The van der Waals surface area contributed by atoms with Gasteiger partial charge in [0.1, 0.15) is 0 Å². The van der Waals surface area contributed by atoms with E-state index in [0.717, 1.165) is 6.07 Å². The summed E-state index contributed by atoms with van der Waals surface area (Å²) >= 11 is 0. The number of aromatic amines is 1. The number of nitro groups is 1. The van der Waals surface area contributed by atoms with Crippen molar-refractivity contribution in [2.75, 3.05) is 6.61 Å². The maximum absolute atomic E-state index is 11.1. The molecule has 76 valence electrons. The molecule has 0 bridgehead atoms. The highest BCUT2D eigenvalue weighted by Crippen LogP contribution is 2.08. The first-order chi connectivity index (χ1) is 6.65. The van der Waals surface area contributed by atoms with E-state index in [1.165, 1.54) is 0 Å². The lowest BCUT2D eigenvalue weighted by atomic mass is 10.4. The molecule has 0 aliphatic heterocycles. The van der Waals surface area contributed by atoms with Crippen molar-refractivity contribution in [1.29, 1.82) is 0 Å². The second-order valence-corrected chi connectivity index (χ2v) is 2.53. The molecule has 0 atom stereocenters. The van der Waals surface area contributed by atoms with Crippen molar-refractivity contribution >= 4 is 11.8 Å². The molecule has 0 fully saturated rings. The monoisotopic (exact) mass is 199 g/mol. The Hall–Kier alpha value is -1.92. The van der Waals surface area contributed by atoms with Crippen molar-refractivity contribution in [3.05, 3.63) is 21.9 Å². The lowest BCUT2D eigenvalue weighted by Gasteiger charge is -1.97. The highest BCUT2D eigenvalue weighted by atomic mass is 16.6. The van der Waals surface area contributed by atoms with Crippen LogP contribution >= 0.6 is 0 Å². The number of nitrogens with zero attached hydrogens (tertiary/aromatic N) is 2. The molecule has 0 radical (unpaired) electrons. The van der Waals surface area contributed by atoms with Gasteiger partial charge in [0, 0.05) is 0 Å². The minimum atomic E-state index is -0.687. The van der Waals surface area contributed by atoms with E-state index in [1.54, 1.807) is 0 Å². The summed E-state index contributed by atoms with van der Waals surface area (Å²) in [6.45, 7) is 2.13. The molecule has 1 rings (SSSR count). The molecule has 7 nitrogen and oxygen atoms in total. The van der Waals surface area contributed by atoms with E-state index in [4.69, 9.17) is 4.74 Å². The Kier molecular flexibility index (Phi) is 3.16. The Morgan fingerprint density at radius 2 is 2.50 bits per heavy atom. The molecule has 1 aromatic heterocycles. The van der Waals surface area contributed by atoms with Gasteiger partial charge in [-0.25, -0.2) is 4.79 Å². The quantitative estimate of drug-likeness (QED) is 0.441. The highest BCUT2D eigenvalue weighted by molar-refractivity contribution is 5.87. The summed E-state index contributed by atoms with van der Waals surface area (Å²) in [5, 5.41) is 15.8. The van der Waals surface area contributed by atoms with Gasteiger partial charge in [-0.1, -0.05) is 6.92 Å². The van der Waals surface area contributed by atoms with Gasteiger partial charge in [-0.15, -0.1) is 0 Å². The minimum Gasteiger partial charge on any atom is -0.461 e. The zero-order valence-electron chi connectivity index (χ0n) is 7.52. The number of aromatic nitrogens is 2. The second-order valence-electron chi connectivity index (χ2n) is 2.53. The Morgan fingerprint density at radius 3 is 3.00 bits per heavy atom. The van der Waals surface area contributed by atoms with Crippen LogP contribution in [-0.2, 0) is 4.74 Å². The van der Waals surface area contributed by atoms with Gasteiger partial charge in [0.25, 0.3) is 0 Å². The fourth-order valence-electron chi connectivity index (χ4n) is 0.782. The van der Waals surface area contributed by atoms with Crippen LogP contribution in [0.3, 0.4) is 0 Å². The highest BCUT2D eigenvalue weighted by Gasteiger charge is 2.17. The predicted octanol–water partition coefficient (Wildman–Crippen LogP) is 0.885. The molecule has 0 saturated carbocycles. The first kappa shape index (κ1) is 10.2. The van der Waals surface area contributed by atoms with E-state index in [9.17, 15) is 14.9 Å². The van der Waals surface area contributed by atoms with E-state index in [-0.39, 0.29) is 12.3 Å². The molecule has 0 saturated heterocycles. The van der Waals surface area contributed by atoms with Crippen molar-refractivity contribution in [3.8, 4) is 0 Å². The molecular weight excluding hydrogens is 190 g/mol. The van der Waals surface area contributed by atoms with Crippen LogP contribution in [0.4, 0.5) is 5.82 Å². The summed E-state index contributed by atoms with van der Waals surface area (Å²) in [7, 11) is 0. The topological polar surface area (TPSA) is 98.1 Å². The first-order valence-electron chi connectivity index (χ1n) is 4.02. The third-order valence-electron chi connectivity index (χ3n) is 1.41. The fourth-order valence-corrected chi connectivity index (χ4v) is 0.782. The molecule has 0 aliphatic rings. The summed E-state index contributed by atoms with van der Waals surface area (Å²) in [5.41, 5.74) is -0.00912. The molecule has 0 aliphatic carbocycles. The third kappa shape index (κ3) is 2.28. The van der Waals surface area contributed by atoms with Crippen molar-refractivity contribution in [1.82, 2.24) is 10.2 Å². The van der Waals surface area contributed by atoms with E-state index in [1.807, 2.05) is 6.92 Å². The number of carbonyl (C=O) groups excluding carboxylic acids is 1. The van der Waals surface area contributed by atoms with Crippen LogP contribution in [0.15, 0.2) is 6.07 Å². The van der Waals surface area contributed by atoms with Gasteiger partial charge in [0.05, 0.1) is 17.8 Å². The third-order valence-corrected chi connectivity index (χ3v) is 1.41. The summed E-state index contributed by atoms with van der Waals surface area (Å²) in [5.74, 6) is -1.03. The Balaban J connectivity index is 2.66. The number of hydrogen-bond donors (Lipinski definition) is 1. The van der Waals surface area contributed by atoms with Crippen LogP contribution in [0.1, 0.15) is 23.8 Å². The minimum absolute atomic E-state index is 0.00912. The van der Waals surface area contributed by atoms with Gasteiger partial charge in [-0.2, -0.15) is 5.10 Å². The van der Waals surface area contributed by atoms with E-state index >= 15 is 0 Å². The van der Waals surface area contributed by atoms with Crippen LogP contribution < -0.4 is 0 Å².